The molecular formula is C21H13Cl2F2NO3. The van der Waals surface area contributed by atoms with Gasteiger partial charge in [-0.25, -0.2) is 13.6 Å². The molecule has 3 rings (SSSR count). The Morgan fingerprint density at radius 1 is 0.862 bits per heavy atom. The first kappa shape index (κ1) is 20.8. The minimum atomic E-state index is -0.904. The molecule has 29 heavy (non-hydrogen) atoms. The lowest BCUT2D eigenvalue weighted by Gasteiger charge is -2.09. The first-order valence-electron chi connectivity index (χ1n) is 8.32. The predicted octanol–water partition coefficient (Wildman–Crippen LogP) is 5.42. The van der Waals surface area contributed by atoms with Crippen molar-refractivity contribution < 1.29 is 23.1 Å². The number of carbonyl (C=O) groups excluding carboxylic acids is 2. The maximum absolute atomic E-state index is 13.3. The molecule has 0 aliphatic heterocycles. The van der Waals surface area contributed by atoms with Crippen LogP contribution in [0.25, 0.3) is 0 Å². The van der Waals surface area contributed by atoms with E-state index in [-0.39, 0.29) is 23.8 Å². The van der Waals surface area contributed by atoms with Crippen molar-refractivity contribution in [1.82, 2.24) is 5.32 Å². The van der Waals surface area contributed by atoms with E-state index in [2.05, 4.69) is 5.32 Å². The molecule has 1 N–H and O–H groups in total. The van der Waals surface area contributed by atoms with Crippen molar-refractivity contribution in [3.63, 3.8) is 0 Å². The lowest BCUT2D eigenvalue weighted by atomic mass is 10.2. The van der Waals surface area contributed by atoms with E-state index >= 15 is 0 Å². The summed E-state index contributed by atoms with van der Waals surface area (Å²) in [5.41, 5.74) is 0.694. The molecule has 3 aromatic rings. The minimum Gasteiger partial charge on any atom is -0.423 e. The van der Waals surface area contributed by atoms with Gasteiger partial charge >= 0.3 is 5.97 Å². The zero-order valence-electron chi connectivity index (χ0n) is 14.7. The zero-order valence-corrected chi connectivity index (χ0v) is 16.2. The van der Waals surface area contributed by atoms with Crippen LogP contribution < -0.4 is 10.1 Å². The molecule has 0 saturated heterocycles. The van der Waals surface area contributed by atoms with Crippen LogP contribution in [0.4, 0.5) is 8.78 Å². The zero-order chi connectivity index (χ0) is 21.0. The van der Waals surface area contributed by atoms with Crippen LogP contribution in [0, 0.1) is 11.6 Å². The average molecular weight is 436 g/mol. The Balaban J connectivity index is 1.66. The highest BCUT2D eigenvalue weighted by molar-refractivity contribution is 6.35. The van der Waals surface area contributed by atoms with Gasteiger partial charge in [-0.1, -0.05) is 35.3 Å². The number of carbonyl (C=O) groups is 2. The Morgan fingerprint density at radius 3 is 2.17 bits per heavy atom. The van der Waals surface area contributed by atoms with Gasteiger partial charge in [0.05, 0.1) is 5.56 Å². The highest BCUT2D eigenvalue weighted by Crippen LogP contribution is 2.20. The van der Waals surface area contributed by atoms with E-state index in [1.54, 1.807) is 12.1 Å². The summed E-state index contributed by atoms with van der Waals surface area (Å²) in [6.07, 6.45) is 0. The molecule has 1 amide bonds. The van der Waals surface area contributed by atoms with Crippen molar-refractivity contribution >= 4 is 35.1 Å². The van der Waals surface area contributed by atoms with Crippen LogP contribution in [0.1, 0.15) is 26.3 Å². The maximum Gasteiger partial charge on any atom is 0.343 e. The van der Waals surface area contributed by atoms with E-state index in [4.69, 9.17) is 27.9 Å². The molecular weight excluding hydrogens is 423 g/mol. The number of hydrogen-bond donors (Lipinski definition) is 1. The van der Waals surface area contributed by atoms with Gasteiger partial charge in [0.25, 0.3) is 5.91 Å². The molecule has 0 fully saturated rings. The summed E-state index contributed by atoms with van der Waals surface area (Å²) in [4.78, 5) is 24.3. The second-order valence-corrected chi connectivity index (χ2v) is 6.91. The molecule has 3 aromatic carbocycles. The number of ether oxygens (including phenoxy) is 1. The Morgan fingerprint density at radius 2 is 1.52 bits per heavy atom. The molecule has 0 aliphatic rings. The Kier molecular flexibility index (Phi) is 6.46. The van der Waals surface area contributed by atoms with Crippen LogP contribution in [-0.4, -0.2) is 11.9 Å². The third kappa shape index (κ3) is 5.76. The van der Waals surface area contributed by atoms with Gasteiger partial charge in [0.15, 0.2) is 0 Å². The lowest BCUT2D eigenvalue weighted by Crippen LogP contribution is -2.22. The second-order valence-electron chi connectivity index (χ2n) is 6.04. The minimum absolute atomic E-state index is 0.142. The van der Waals surface area contributed by atoms with Crippen LogP contribution in [0.2, 0.25) is 10.0 Å². The third-order valence-corrected chi connectivity index (χ3v) is 4.22. The van der Waals surface area contributed by atoms with Crippen LogP contribution >= 0.6 is 23.2 Å². The van der Waals surface area contributed by atoms with Crippen LogP contribution in [-0.2, 0) is 6.54 Å². The molecule has 4 nitrogen and oxygen atoms in total. The molecule has 0 bridgehead atoms. The van der Waals surface area contributed by atoms with Crippen molar-refractivity contribution in [1.29, 1.82) is 0 Å². The fourth-order valence-electron chi connectivity index (χ4n) is 2.53. The lowest BCUT2D eigenvalue weighted by molar-refractivity contribution is 0.0733. The number of nitrogens with one attached hydrogen (secondary N) is 1. The molecule has 0 spiro atoms. The van der Waals surface area contributed by atoms with Crippen molar-refractivity contribution in [2.24, 2.45) is 0 Å². The topological polar surface area (TPSA) is 55.4 Å². The summed E-state index contributed by atoms with van der Waals surface area (Å²) in [6.45, 7) is 0.142. The molecule has 148 valence electrons. The van der Waals surface area contributed by atoms with Gasteiger partial charge in [-0.05, 0) is 48.0 Å². The van der Waals surface area contributed by atoms with Gasteiger partial charge in [-0.3, -0.25) is 4.79 Å². The third-order valence-electron chi connectivity index (χ3n) is 3.79. The summed E-state index contributed by atoms with van der Waals surface area (Å²) in [7, 11) is 0. The molecule has 0 aliphatic carbocycles. The van der Waals surface area contributed by atoms with E-state index in [9.17, 15) is 18.4 Å². The molecule has 0 unspecified atom stereocenters. The SMILES string of the molecule is O=C(NCc1cccc(OC(=O)c2cc(F)cc(F)c2)c1)c1cc(Cl)cc(Cl)c1. The van der Waals surface area contributed by atoms with Crippen LogP contribution in [0.3, 0.4) is 0 Å². The number of benzene rings is 3. The maximum atomic E-state index is 13.3. The molecule has 0 heterocycles. The van der Waals surface area contributed by atoms with E-state index in [1.807, 2.05) is 0 Å². The van der Waals surface area contributed by atoms with Gasteiger partial charge in [0.1, 0.15) is 17.4 Å². The number of amides is 1. The average Bonchev–Trinajstić information content (AvgIpc) is 2.65. The molecule has 8 heteroatoms. The highest BCUT2D eigenvalue weighted by atomic mass is 35.5. The summed E-state index contributed by atoms with van der Waals surface area (Å²) < 4.78 is 31.7. The number of esters is 1. The highest BCUT2D eigenvalue weighted by Gasteiger charge is 2.13. The quantitative estimate of drug-likeness (QED) is 0.429. The number of hydrogen-bond acceptors (Lipinski definition) is 3. The predicted molar refractivity (Wildman–Crippen MR) is 105 cm³/mol. The summed E-state index contributed by atoms with van der Waals surface area (Å²) in [6, 6.07) is 13.3. The second kappa shape index (κ2) is 9.03. The number of halogens is 4. The van der Waals surface area contributed by atoms with Crippen LogP contribution in [0.5, 0.6) is 5.75 Å². The summed E-state index contributed by atoms with van der Waals surface area (Å²) >= 11 is 11.8. The Hall–Kier alpha value is -2.96. The fraction of sp³-hybridized carbons (Fsp3) is 0.0476. The molecule has 0 radical (unpaired) electrons. The number of rotatable bonds is 5. The van der Waals surface area contributed by atoms with Gasteiger partial charge in [-0.2, -0.15) is 0 Å². The monoisotopic (exact) mass is 435 g/mol. The van der Waals surface area contributed by atoms with E-state index in [0.29, 0.717) is 27.2 Å². The van der Waals surface area contributed by atoms with Crippen molar-refractivity contribution in [3.05, 3.63) is 99.0 Å². The van der Waals surface area contributed by atoms with Crippen molar-refractivity contribution in [2.45, 2.75) is 6.54 Å². The smallest absolute Gasteiger partial charge is 0.343 e. The van der Waals surface area contributed by atoms with E-state index in [1.165, 1.54) is 30.3 Å². The molecule has 0 saturated carbocycles. The van der Waals surface area contributed by atoms with Gasteiger partial charge in [0, 0.05) is 28.2 Å². The van der Waals surface area contributed by atoms with Gasteiger partial charge in [0.2, 0.25) is 0 Å². The molecule has 0 aromatic heterocycles. The van der Waals surface area contributed by atoms with E-state index < -0.39 is 17.6 Å². The van der Waals surface area contributed by atoms with Crippen molar-refractivity contribution in [3.8, 4) is 5.75 Å². The van der Waals surface area contributed by atoms with Crippen molar-refractivity contribution in [2.75, 3.05) is 0 Å². The van der Waals surface area contributed by atoms with Gasteiger partial charge < -0.3 is 10.1 Å². The van der Waals surface area contributed by atoms with Crippen LogP contribution in [0.15, 0.2) is 60.7 Å². The normalized spacial score (nSPS) is 10.5. The standard InChI is InChI=1S/C21H13Cl2F2NO3/c22-15-5-13(6-16(23)9-15)20(27)26-11-12-2-1-3-19(4-12)29-21(28)14-7-17(24)10-18(25)8-14/h1-10H,11H2,(H,26,27). The largest absolute Gasteiger partial charge is 0.423 e. The molecule has 0 atom stereocenters. The first-order chi connectivity index (χ1) is 13.8. The fourth-order valence-corrected chi connectivity index (χ4v) is 3.05. The van der Waals surface area contributed by atoms with Gasteiger partial charge in [-0.15, -0.1) is 0 Å². The Bertz CT molecular complexity index is 1050. The summed E-state index contributed by atoms with van der Waals surface area (Å²) in [5.74, 6) is -2.88. The van der Waals surface area contributed by atoms with E-state index in [0.717, 1.165) is 12.1 Å². The summed E-state index contributed by atoms with van der Waals surface area (Å²) in [5, 5.41) is 3.38. The first-order valence-corrected chi connectivity index (χ1v) is 9.07. The Labute approximate surface area is 175 Å².